The molecule has 0 aromatic heterocycles. The molecule has 0 aliphatic carbocycles. The molecule has 104 valence electrons. The van der Waals surface area contributed by atoms with E-state index < -0.39 is 5.54 Å². The second kappa shape index (κ2) is 6.31. The summed E-state index contributed by atoms with van der Waals surface area (Å²) in [5, 5.41) is 13.8. The van der Waals surface area contributed by atoms with Crippen LogP contribution in [0.25, 0.3) is 0 Å². The second-order valence-corrected chi connectivity index (χ2v) is 4.73. The van der Waals surface area contributed by atoms with E-state index in [0.717, 1.165) is 0 Å². The van der Waals surface area contributed by atoms with Crippen LogP contribution in [0.4, 0.5) is 5.69 Å². The van der Waals surface area contributed by atoms with Crippen LogP contribution >= 0.6 is 0 Å². The molecule has 0 aliphatic heterocycles. The summed E-state index contributed by atoms with van der Waals surface area (Å²) in [5.74, 6) is -0.573. The maximum absolute atomic E-state index is 11.7. The van der Waals surface area contributed by atoms with Crippen LogP contribution in [0, 0.1) is 0 Å². The summed E-state index contributed by atoms with van der Waals surface area (Å²) in [6, 6.07) is 6.42. The molecule has 0 spiro atoms. The van der Waals surface area contributed by atoms with Gasteiger partial charge in [-0.1, -0.05) is 0 Å². The number of hydrogen-bond donors (Lipinski definition) is 4. The van der Waals surface area contributed by atoms with E-state index in [1.165, 1.54) is 0 Å². The summed E-state index contributed by atoms with van der Waals surface area (Å²) in [5.41, 5.74) is 5.73. The summed E-state index contributed by atoms with van der Waals surface area (Å²) in [7, 11) is 0. The molecule has 1 aromatic carbocycles. The molecule has 0 radical (unpaired) electrons. The molecule has 0 saturated heterocycles. The van der Waals surface area contributed by atoms with Crippen LogP contribution in [0.5, 0.6) is 0 Å². The quantitative estimate of drug-likeness (QED) is 0.605. The SMILES string of the molecule is CC(C)(N)C(=O)Nc1ccc(C(=O)NCCO)cc1. The van der Waals surface area contributed by atoms with Gasteiger partial charge in [0.2, 0.25) is 5.91 Å². The number of carbonyl (C=O) groups is 2. The number of rotatable bonds is 5. The van der Waals surface area contributed by atoms with E-state index in [1.807, 2.05) is 0 Å². The van der Waals surface area contributed by atoms with Crippen LogP contribution in [0.1, 0.15) is 24.2 Å². The molecule has 0 fully saturated rings. The third-order valence-electron chi connectivity index (χ3n) is 2.39. The number of amides is 2. The van der Waals surface area contributed by atoms with Crippen molar-refractivity contribution in [3.63, 3.8) is 0 Å². The molecule has 0 atom stereocenters. The monoisotopic (exact) mass is 265 g/mol. The Morgan fingerprint density at radius 2 is 1.84 bits per heavy atom. The highest BCUT2D eigenvalue weighted by molar-refractivity contribution is 5.98. The highest BCUT2D eigenvalue weighted by Gasteiger charge is 2.21. The molecule has 5 N–H and O–H groups in total. The fourth-order valence-electron chi connectivity index (χ4n) is 1.27. The molecule has 0 bridgehead atoms. The summed E-state index contributed by atoms with van der Waals surface area (Å²) in [4.78, 5) is 23.2. The van der Waals surface area contributed by atoms with Crippen LogP contribution in [-0.4, -0.2) is 35.6 Å². The predicted octanol–water partition coefficient (Wildman–Crippen LogP) is 0.0845. The van der Waals surface area contributed by atoms with Gasteiger partial charge in [-0.3, -0.25) is 9.59 Å². The molecule has 0 saturated carbocycles. The van der Waals surface area contributed by atoms with Crippen molar-refractivity contribution in [3.8, 4) is 0 Å². The van der Waals surface area contributed by atoms with Crippen molar-refractivity contribution in [2.75, 3.05) is 18.5 Å². The standard InChI is InChI=1S/C13H19N3O3/c1-13(2,14)12(19)16-10-5-3-9(4-6-10)11(18)15-7-8-17/h3-6,17H,7-8,14H2,1-2H3,(H,15,18)(H,16,19). The van der Waals surface area contributed by atoms with Gasteiger partial charge in [0.25, 0.3) is 5.91 Å². The molecular weight excluding hydrogens is 246 g/mol. The highest BCUT2D eigenvalue weighted by Crippen LogP contribution is 2.11. The van der Waals surface area contributed by atoms with Crippen molar-refractivity contribution < 1.29 is 14.7 Å². The zero-order valence-electron chi connectivity index (χ0n) is 11.1. The number of aliphatic hydroxyl groups is 1. The first-order valence-electron chi connectivity index (χ1n) is 5.94. The first-order valence-corrected chi connectivity index (χ1v) is 5.94. The van der Waals surface area contributed by atoms with Crippen molar-refractivity contribution in [1.82, 2.24) is 5.32 Å². The van der Waals surface area contributed by atoms with Crippen LogP contribution in [0.15, 0.2) is 24.3 Å². The minimum atomic E-state index is -0.961. The lowest BCUT2D eigenvalue weighted by Crippen LogP contribution is -2.45. The van der Waals surface area contributed by atoms with Crippen LogP contribution < -0.4 is 16.4 Å². The highest BCUT2D eigenvalue weighted by atomic mass is 16.3. The van der Waals surface area contributed by atoms with Gasteiger partial charge in [0.15, 0.2) is 0 Å². The van der Waals surface area contributed by atoms with E-state index in [9.17, 15) is 9.59 Å². The van der Waals surface area contributed by atoms with Crippen LogP contribution in [0.2, 0.25) is 0 Å². The minimum absolute atomic E-state index is 0.106. The molecule has 6 nitrogen and oxygen atoms in total. The van der Waals surface area contributed by atoms with Gasteiger partial charge in [0, 0.05) is 17.8 Å². The molecule has 1 aromatic rings. The topological polar surface area (TPSA) is 104 Å². The van der Waals surface area contributed by atoms with E-state index in [1.54, 1.807) is 38.1 Å². The first kappa shape index (κ1) is 15.1. The van der Waals surface area contributed by atoms with E-state index in [-0.39, 0.29) is 25.0 Å². The summed E-state index contributed by atoms with van der Waals surface area (Å²) in [6.07, 6.45) is 0. The Hall–Kier alpha value is -1.92. The molecule has 6 heteroatoms. The van der Waals surface area contributed by atoms with Crippen molar-refractivity contribution in [3.05, 3.63) is 29.8 Å². The molecule has 0 aliphatic rings. The normalized spacial score (nSPS) is 10.9. The van der Waals surface area contributed by atoms with Gasteiger partial charge in [0.05, 0.1) is 12.1 Å². The van der Waals surface area contributed by atoms with E-state index >= 15 is 0 Å². The molecule has 0 unspecified atom stereocenters. The Bertz CT molecular complexity index is 449. The van der Waals surface area contributed by atoms with Gasteiger partial charge < -0.3 is 21.5 Å². The van der Waals surface area contributed by atoms with Crippen molar-refractivity contribution in [2.45, 2.75) is 19.4 Å². The second-order valence-electron chi connectivity index (χ2n) is 4.73. The fourth-order valence-corrected chi connectivity index (χ4v) is 1.27. The van der Waals surface area contributed by atoms with Gasteiger partial charge in [-0.2, -0.15) is 0 Å². The van der Waals surface area contributed by atoms with E-state index in [0.29, 0.717) is 11.3 Å². The predicted molar refractivity (Wildman–Crippen MR) is 72.8 cm³/mol. The molecule has 1 rings (SSSR count). The lowest BCUT2D eigenvalue weighted by molar-refractivity contribution is -0.120. The number of carbonyl (C=O) groups excluding carboxylic acids is 2. The average Bonchev–Trinajstić information content (AvgIpc) is 2.35. The Morgan fingerprint density at radius 1 is 1.26 bits per heavy atom. The molecule has 19 heavy (non-hydrogen) atoms. The first-order chi connectivity index (χ1) is 8.84. The van der Waals surface area contributed by atoms with Crippen molar-refractivity contribution in [2.24, 2.45) is 5.73 Å². The fraction of sp³-hybridized carbons (Fsp3) is 0.385. The largest absolute Gasteiger partial charge is 0.395 e. The molecule has 0 heterocycles. The van der Waals surface area contributed by atoms with Crippen molar-refractivity contribution >= 4 is 17.5 Å². The van der Waals surface area contributed by atoms with Crippen molar-refractivity contribution in [1.29, 1.82) is 0 Å². The average molecular weight is 265 g/mol. The van der Waals surface area contributed by atoms with Gasteiger partial charge in [-0.15, -0.1) is 0 Å². The molecular formula is C13H19N3O3. The third kappa shape index (κ3) is 4.69. The number of hydrogen-bond acceptors (Lipinski definition) is 4. The zero-order valence-corrected chi connectivity index (χ0v) is 11.1. The number of benzene rings is 1. The van der Waals surface area contributed by atoms with Gasteiger partial charge in [-0.25, -0.2) is 0 Å². The van der Waals surface area contributed by atoms with E-state index in [4.69, 9.17) is 10.8 Å². The number of aliphatic hydroxyl groups excluding tert-OH is 1. The number of nitrogens with two attached hydrogens (primary N) is 1. The maximum Gasteiger partial charge on any atom is 0.251 e. The Kier molecular flexibility index (Phi) is 5.02. The van der Waals surface area contributed by atoms with E-state index in [2.05, 4.69) is 10.6 Å². The maximum atomic E-state index is 11.7. The minimum Gasteiger partial charge on any atom is -0.395 e. The Balaban J connectivity index is 2.67. The lowest BCUT2D eigenvalue weighted by Gasteiger charge is -2.17. The summed E-state index contributed by atoms with van der Waals surface area (Å²) in [6.45, 7) is 3.32. The number of nitrogens with one attached hydrogen (secondary N) is 2. The van der Waals surface area contributed by atoms with Crippen LogP contribution in [-0.2, 0) is 4.79 Å². The van der Waals surface area contributed by atoms with Gasteiger partial charge in [-0.05, 0) is 38.1 Å². The smallest absolute Gasteiger partial charge is 0.251 e. The summed E-state index contributed by atoms with van der Waals surface area (Å²) >= 11 is 0. The van der Waals surface area contributed by atoms with Gasteiger partial charge in [0.1, 0.15) is 0 Å². The Morgan fingerprint density at radius 3 is 2.32 bits per heavy atom. The molecule has 2 amide bonds. The van der Waals surface area contributed by atoms with Gasteiger partial charge >= 0.3 is 0 Å². The zero-order chi connectivity index (χ0) is 14.5. The lowest BCUT2D eigenvalue weighted by atomic mass is 10.1. The third-order valence-corrected chi connectivity index (χ3v) is 2.39. The number of anilines is 1. The van der Waals surface area contributed by atoms with Crippen LogP contribution in [0.3, 0.4) is 0 Å². The Labute approximate surface area is 112 Å². The summed E-state index contributed by atoms with van der Waals surface area (Å²) < 4.78 is 0.